The van der Waals surface area contributed by atoms with Crippen molar-refractivity contribution in [3.05, 3.63) is 83.4 Å². The molecule has 0 aromatic heterocycles. The molecule has 272 valence electrons. The normalized spacial score (nSPS) is 19.3. The van der Waals surface area contributed by atoms with Gasteiger partial charge in [-0.1, -0.05) is 36.4 Å². The third-order valence-electron chi connectivity index (χ3n) is 8.76. The second-order valence-electron chi connectivity index (χ2n) is 13.9. The number of aryl methyl sites for hydroxylation is 1. The summed E-state index contributed by atoms with van der Waals surface area (Å²) in [5.41, 5.74) is 2.29. The molecule has 0 bridgehead atoms. The van der Waals surface area contributed by atoms with E-state index in [4.69, 9.17) is 25.8 Å². The van der Waals surface area contributed by atoms with Crippen molar-refractivity contribution in [3.8, 4) is 5.75 Å². The van der Waals surface area contributed by atoms with Crippen molar-refractivity contribution in [2.75, 3.05) is 23.8 Å². The molecule has 1 N–H and O–H groups in total. The Labute approximate surface area is 301 Å². The molecule has 0 spiro atoms. The number of carbonyl (C=O) groups is 3. The van der Waals surface area contributed by atoms with Crippen LogP contribution in [-0.2, 0) is 37.1 Å². The number of amides is 2. The molecule has 1 fully saturated rings. The van der Waals surface area contributed by atoms with Crippen LogP contribution in [0.2, 0.25) is 5.02 Å². The van der Waals surface area contributed by atoms with Crippen LogP contribution in [0.3, 0.4) is 0 Å². The number of halogens is 1. The largest absolute Gasteiger partial charge is 0.491 e. The number of nitrogens with one attached hydrogen (secondary N) is 1. The maximum atomic E-state index is 14.0. The number of allylic oxidation sites excluding steroid dienone is 1. The topological polar surface area (TPSA) is 124 Å². The van der Waals surface area contributed by atoms with Crippen LogP contribution in [0.25, 0.3) is 0 Å². The average molecular weight is 728 g/mol. The van der Waals surface area contributed by atoms with Gasteiger partial charge in [0.25, 0.3) is 5.91 Å². The monoisotopic (exact) mass is 727 g/mol. The van der Waals surface area contributed by atoms with Gasteiger partial charge in [-0.15, -0.1) is 10.9 Å². The van der Waals surface area contributed by atoms with Gasteiger partial charge in [-0.25, -0.2) is 13.7 Å². The predicted octanol–water partition coefficient (Wildman–Crippen LogP) is 8.22. The standard InChI is InChI=1S/C38H50ClN3O7S/c1-7-9-12-21-50(46,41-37(45)49-38(4,5)6)40-36(44)28-16-19-35-33(23-28)42(25-30-15-18-32(30)34(8-2)48-26(3)43)24-29-14-17-31(39)22-27(29)13-10-11-20-47-35/h7-8,14,16-17,19,22-23,30,32,34H,1-2,9-13,15,18,20-21,24-25H2,3-6H3,(H,40,41,44,45,46)/t30-,32+,34-,50?/m0/s1. The van der Waals surface area contributed by atoms with Crippen molar-refractivity contribution in [2.24, 2.45) is 16.2 Å². The lowest BCUT2D eigenvalue weighted by Gasteiger charge is -2.43. The smallest absolute Gasteiger partial charge is 0.420 e. The maximum absolute atomic E-state index is 14.0. The maximum Gasteiger partial charge on any atom is 0.420 e. The van der Waals surface area contributed by atoms with Crippen molar-refractivity contribution in [3.63, 3.8) is 0 Å². The first kappa shape index (κ1) is 39.0. The van der Waals surface area contributed by atoms with Crippen LogP contribution in [0.5, 0.6) is 5.75 Å². The average Bonchev–Trinajstić information content (AvgIpc) is 3.04. The minimum atomic E-state index is -3.54. The van der Waals surface area contributed by atoms with Gasteiger partial charge >= 0.3 is 12.1 Å². The molecule has 2 amide bonds. The predicted molar refractivity (Wildman–Crippen MR) is 198 cm³/mol. The molecule has 10 nitrogen and oxygen atoms in total. The van der Waals surface area contributed by atoms with E-state index in [9.17, 15) is 18.6 Å². The summed E-state index contributed by atoms with van der Waals surface area (Å²) < 4.78 is 37.7. The molecule has 1 saturated carbocycles. The van der Waals surface area contributed by atoms with E-state index < -0.39 is 33.6 Å². The number of benzene rings is 2. The van der Waals surface area contributed by atoms with Gasteiger partial charge in [0.05, 0.1) is 18.0 Å². The zero-order valence-corrected chi connectivity index (χ0v) is 31.2. The van der Waals surface area contributed by atoms with E-state index in [0.29, 0.717) is 49.0 Å². The van der Waals surface area contributed by atoms with E-state index in [1.807, 2.05) is 18.2 Å². The number of ether oxygens (including phenoxy) is 3. The van der Waals surface area contributed by atoms with Gasteiger partial charge < -0.3 is 19.1 Å². The van der Waals surface area contributed by atoms with E-state index in [1.54, 1.807) is 51.1 Å². The highest BCUT2D eigenvalue weighted by Crippen LogP contribution is 2.42. The highest BCUT2D eigenvalue weighted by molar-refractivity contribution is 7.92. The molecule has 2 aliphatic rings. The van der Waals surface area contributed by atoms with Gasteiger partial charge in [-0.2, -0.15) is 0 Å². The summed E-state index contributed by atoms with van der Waals surface area (Å²) in [6.07, 6.45) is 7.35. The summed E-state index contributed by atoms with van der Waals surface area (Å²) in [6, 6.07) is 11.0. The fourth-order valence-electron chi connectivity index (χ4n) is 6.25. The Morgan fingerprint density at radius 1 is 1.14 bits per heavy atom. The highest BCUT2D eigenvalue weighted by Gasteiger charge is 2.39. The molecular formula is C38H50ClN3O7S. The molecule has 1 unspecified atom stereocenters. The highest BCUT2D eigenvalue weighted by atomic mass is 35.5. The number of fused-ring (bicyclic) bond motifs is 2. The lowest BCUT2D eigenvalue weighted by atomic mass is 9.70. The van der Waals surface area contributed by atoms with Gasteiger partial charge in [-0.3, -0.25) is 9.59 Å². The van der Waals surface area contributed by atoms with Crippen LogP contribution >= 0.6 is 11.6 Å². The molecular weight excluding hydrogens is 678 g/mol. The van der Waals surface area contributed by atoms with E-state index in [0.717, 1.165) is 43.2 Å². The van der Waals surface area contributed by atoms with Crippen molar-refractivity contribution in [1.29, 1.82) is 0 Å². The fourth-order valence-corrected chi connectivity index (χ4v) is 7.92. The summed E-state index contributed by atoms with van der Waals surface area (Å²) in [4.78, 5) is 40.5. The Morgan fingerprint density at radius 2 is 1.92 bits per heavy atom. The summed E-state index contributed by atoms with van der Waals surface area (Å²) in [5.74, 6) is -0.293. The second-order valence-corrected chi connectivity index (χ2v) is 16.4. The Morgan fingerprint density at radius 3 is 2.58 bits per heavy atom. The third-order valence-corrected chi connectivity index (χ3v) is 10.8. The zero-order valence-electron chi connectivity index (χ0n) is 29.6. The Bertz CT molecular complexity index is 1700. The van der Waals surface area contributed by atoms with E-state index in [2.05, 4.69) is 27.1 Å². The van der Waals surface area contributed by atoms with Crippen molar-refractivity contribution < 1.29 is 32.8 Å². The third kappa shape index (κ3) is 11.1. The number of hydrogen-bond acceptors (Lipinski definition) is 8. The van der Waals surface area contributed by atoms with Crippen molar-refractivity contribution >= 4 is 45.2 Å². The lowest BCUT2D eigenvalue weighted by Crippen LogP contribution is -2.44. The van der Waals surface area contributed by atoms with Gasteiger partial charge in [0.2, 0.25) is 0 Å². The SMILES string of the molecule is C=CCCCS(=O)(=NC(=O)c1ccc2c(c1)N(C[C@@H]1CC[C@H]1[C@H](C=C)OC(C)=O)Cc1ccc(Cl)cc1CCCCO2)NC(=O)OC(C)(C)C. The summed E-state index contributed by atoms with van der Waals surface area (Å²) in [6.45, 7) is 15.7. The van der Waals surface area contributed by atoms with Gasteiger partial charge in [0.15, 0.2) is 0 Å². The van der Waals surface area contributed by atoms with Gasteiger partial charge in [0.1, 0.15) is 27.4 Å². The number of anilines is 1. The Balaban J connectivity index is 1.76. The number of esters is 1. The quantitative estimate of drug-likeness (QED) is 0.140. The molecule has 1 aliphatic carbocycles. The zero-order chi connectivity index (χ0) is 36.5. The number of nitrogens with zero attached hydrogens (tertiary/aromatic N) is 2. The molecule has 2 aromatic rings. The first-order chi connectivity index (χ1) is 23.7. The van der Waals surface area contributed by atoms with Crippen LogP contribution < -0.4 is 14.4 Å². The number of rotatable bonds is 11. The molecule has 1 aliphatic heterocycles. The van der Waals surface area contributed by atoms with Crippen LogP contribution in [0, 0.1) is 11.8 Å². The first-order valence-corrected chi connectivity index (χ1v) is 19.3. The molecule has 0 radical (unpaired) electrons. The molecule has 4 atom stereocenters. The molecule has 50 heavy (non-hydrogen) atoms. The van der Waals surface area contributed by atoms with Crippen LogP contribution in [0.1, 0.15) is 87.7 Å². The van der Waals surface area contributed by atoms with E-state index in [1.165, 1.54) is 6.92 Å². The first-order valence-electron chi connectivity index (χ1n) is 17.2. The molecule has 12 heteroatoms. The van der Waals surface area contributed by atoms with E-state index in [-0.39, 0.29) is 29.1 Å². The van der Waals surface area contributed by atoms with Crippen LogP contribution in [-0.4, -0.2) is 52.8 Å². The summed E-state index contributed by atoms with van der Waals surface area (Å²) in [7, 11) is -3.54. The number of carbonyl (C=O) groups excluding carboxylic acids is 3. The minimum absolute atomic E-state index is 0.0562. The van der Waals surface area contributed by atoms with Crippen molar-refractivity contribution in [1.82, 2.24) is 4.72 Å². The van der Waals surface area contributed by atoms with E-state index >= 15 is 0 Å². The molecule has 4 rings (SSSR count). The van der Waals surface area contributed by atoms with Gasteiger partial charge in [-0.05, 0) is 113 Å². The molecule has 2 aromatic carbocycles. The Hall–Kier alpha value is -3.83. The Kier molecular flexibility index (Phi) is 13.6. The van der Waals surface area contributed by atoms with Crippen LogP contribution in [0.4, 0.5) is 10.5 Å². The number of unbranched alkanes of at least 4 members (excludes halogenated alkanes) is 1. The summed E-state index contributed by atoms with van der Waals surface area (Å²) in [5, 5.41) is 0.669. The lowest BCUT2D eigenvalue weighted by molar-refractivity contribution is -0.149. The van der Waals surface area contributed by atoms with Crippen molar-refractivity contribution in [2.45, 2.75) is 90.9 Å². The molecule has 1 heterocycles. The second kappa shape index (κ2) is 17.4. The number of hydrogen-bond donors (Lipinski definition) is 1. The minimum Gasteiger partial charge on any atom is -0.491 e. The molecule has 0 saturated heterocycles. The van der Waals surface area contributed by atoms with Crippen LogP contribution in [0.15, 0.2) is 66.1 Å². The fraction of sp³-hybridized carbons (Fsp3) is 0.500. The summed E-state index contributed by atoms with van der Waals surface area (Å²) >= 11 is 6.43. The van der Waals surface area contributed by atoms with Gasteiger partial charge in [0, 0.05) is 36.5 Å².